The zero-order valence-electron chi connectivity index (χ0n) is 13.4. The van der Waals surface area contributed by atoms with Crippen molar-refractivity contribution in [2.24, 2.45) is 0 Å². The Labute approximate surface area is 130 Å². The molecule has 1 heteroatoms. The van der Waals surface area contributed by atoms with Crippen LogP contribution in [0.15, 0.2) is 72.8 Å². The van der Waals surface area contributed by atoms with Gasteiger partial charge in [0.05, 0.1) is 8.07 Å². The molecular formula is C20H26Si. The molecule has 0 saturated carbocycles. The van der Waals surface area contributed by atoms with Crippen LogP contribution < -0.4 is 5.19 Å². The minimum Gasteiger partial charge on any atom is -0.0917 e. The van der Waals surface area contributed by atoms with Gasteiger partial charge in [-0.05, 0) is 30.9 Å². The van der Waals surface area contributed by atoms with Crippen LogP contribution in [0.4, 0.5) is 0 Å². The van der Waals surface area contributed by atoms with Crippen molar-refractivity contribution in [2.75, 3.05) is 0 Å². The van der Waals surface area contributed by atoms with Crippen LogP contribution in [0.5, 0.6) is 0 Å². The van der Waals surface area contributed by atoms with E-state index in [0.717, 1.165) is 0 Å². The van der Waals surface area contributed by atoms with Crippen molar-refractivity contribution in [3.8, 4) is 0 Å². The Balaban J connectivity index is 2.15. The van der Waals surface area contributed by atoms with Crippen LogP contribution in [0.1, 0.15) is 18.9 Å². The molecule has 0 bridgehead atoms. The van der Waals surface area contributed by atoms with Gasteiger partial charge in [-0.15, -0.1) is 0 Å². The van der Waals surface area contributed by atoms with Crippen molar-refractivity contribution in [2.45, 2.75) is 38.4 Å². The maximum atomic E-state index is 2.50. The highest BCUT2D eigenvalue weighted by Crippen LogP contribution is 2.28. The summed E-state index contributed by atoms with van der Waals surface area (Å²) in [5, 5.41) is 1.56. The molecule has 0 saturated heterocycles. The SMILES string of the molecule is C/C=C/[C@@H](CCc1ccccc1)[Si](C)(C)c1ccccc1. The second-order valence-electron chi connectivity index (χ2n) is 6.24. The number of benzene rings is 2. The van der Waals surface area contributed by atoms with Crippen molar-refractivity contribution >= 4 is 13.3 Å². The third-order valence-electron chi connectivity index (χ3n) is 4.46. The first kappa shape index (κ1) is 15.8. The minimum atomic E-state index is -1.47. The molecule has 0 unspecified atom stereocenters. The average molecular weight is 295 g/mol. The molecule has 0 radical (unpaired) electrons. The lowest BCUT2D eigenvalue weighted by atomic mass is 10.1. The first-order chi connectivity index (χ1) is 10.1. The van der Waals surface area contributed by atoms with Gasteiger partial charge in [-0.3, -0.25) is 0 Å². The molecule has 0 N–H and O–H groups in total. The third-order valence-corrected chi connectivity index (χ3v) is 8.61. The first-order valence-corrected chi connectivity index (χ1v) is 10.9. The Morgan fingerprint density at radius 2 is 1.48 bits per heavy atom. The predicted molar refractivity (Wildman–Crippen MR) is 96.9 cm³/mol. The summed E-state index contributed by atoms with van der Waals surface area (Å²) in [6.07, 6.45) is 7.07. The molecule has 0 nitrogen and oxygen atoms in total. The first-order valence-electron chi connectivity index (χ1n) is 7.87. The quantitative estimate of drug-likeness (QED) is 0.508. The van der Waals surface area contributed by atoms with Crippen LogP contribution in [0.25, 0.3) is 0 Å². The fourth-order valence-corrected chi connectivity index (χ4v) is 6.00. The summed E-state index contributed by atoms with van der Waals surface area (Å²) >= 11 is 0. The topological polar surface area (TPSA) is 0 Å². The van der Waals surface area contributed by atoms with E-state index in [1.807, 2.05) is 0 Å². The highest BCUT2D eigenvalue weighted by molar-refractivity contribution is 6.91. The molecular weight excluding hydrogens is 268 g/mol. The third kappa shape index (κ3) is 4.18. The van der Waals surface area contributed by atoms with Gasteiger partial charge in [0.1, 0.15) is 0 Å². The number of hydrogen-bond donors (Lipinski definition) is 0. The van der Waals surface area contributed by atoms with E-state index in [4.69, 9.17) is 0 Å². The van der Waals surface area contributed by atoms with E-state index >= 15 is 0 Å². The molecule has 2 rings (SSSR count). The van der Waals surface area contributed by atoms with E-state index in [2.05, 4.69) is 92.8 Å². The predicted octanol–water partition coefficient (Wildman–Crippen LogP) is 5.18. The van der Waals surface area contributed by atoms with E-state index in [1.54, 1.807) is 5.19 Å². The molecule has 21 heavy (non-hydrogen) atoms. The molecule has 0 aliphatic rings. The van der Waals surface area contributed by atoms with E-state index in [-0.39, 0.29) is 0 Å². The lowest BCUT2D eigenvalue weighted by molar-refractivity contribution is 0.818. The molecule has 0 spiro atoms. The molecule has 2 aromatic carbocycles. The monoisotopic (exact) mass is 294 g/mol. The Hall–Kier alpha value is -1.60. The van der Waals surface area contributed by atoms with Crippen molar-refractivity contribution in [3.05, 3.63) is 78.4 Å². The Morgan fingerprint density at radius 3 is 2.05 bits per heavy atom. The molecule has 0 aliphatic carbocycles. The molecule has 0 aromatic heterocycles. The van der Waals surface area contributed by atoms with Gasteiger partial charge in [0.2, 0.25) is 0 Å². The standard InChI is InChI=1S/C20H26Si/c1-4-11-19(17-16-18-12-7-5-8-13-18)21(2,3)20-14-9-6-10-15-20/h4-15,19H,16-17H2,1-3H3/b11-4+/t19-/m0/s1. The van der Waals surface area contributed by atoms with E-state index in [1.165, 1.54) is 18.4 Å². The van der Waals surface area contributed by atoms with Crippen molar-refractivity contribution in [1.29, 1.82) is 0 Å². The fraction of sp³-hybridized carbons (Fsp3) is 0.300. The highest BCUT2D eigenvalue weighted by Gasteiger charge is 2.31. The molecule has 110 valence electrons. The van der Waals surface area contributed by atoms with Gasteiger partial charge >= 0.3 is 0 Å². The highest BCUT2D eigenvalue weighted by atomic mass is 28.3. The second-order valence-corrected chi connectivity index (χ2v) is 11.0. The van der Waals surface area contributed by atoms with Gasteiger partial charge in [0.15, 0.2) is 0 Å². The summed E-state index contributed by atoms with van der Waals surface area (Å²) in [7, 11) is -1.47. The second kappa shape index (κ2) is 7.42. The normalized spacial score (nSPS) is 13.5. The maximum absolute atomic E-state index is 2.50. The van der Waals surface area contributed by atoms with Crippen molar-refractivity contribution < 1.29 is 0 Å². The zero-order valence-corrected chi connectivity index (χ0v) is 14.4. The van der Waals surface area contributed by atoms with E-state index < -0.39 is 8.07 Å². The average Bonchev–Trinajstić information content (AvgIpc) is 2.53. The maximum Gasteiger partial charge on any atom is 0.0873 e. The molecule has 2 aromatic rings. The molecule has 0 fully saturated rings. The lowest BCUT2D eigenvalue weighted by Gasteiger charge is -2.31. The summed E-state index contributed by atoms with van der Waals surface area (Å²) in [5.74, 6) is 0. The van der Waals surface area contributed by atoms with Gasteiger partial charge in [-0.25, -0.2) is 0 Å². The van der Waals surface area contributed by atoms with Crippen molar-refractivity contribution in [3.63, 3.8) is 0 Å². The van der Waals surface area contributed by atoms with Gasteiger partial charge in [-0.2, -0.15) is 0 Å². The van der Waals surface area contributed by atoms with Crippen LogP contribution in [0.2, 0.25) is 18.6 Å². The smallest absolute Gasteiger partial charge is 0.0873 e. The molecule has 0 heterocycles. The summed E-state index contributed by atoms with van der Waals surface area (Å²) < 4.78 is 0. The number of aryl methyl sites for hydroxylation is 1. The number of rotatable bonds is 6. The fourth-order valence-electron chi connectivity index (χ4n) is 2.98. The minimum absolute atomic E-state index is 0.685. The summed E-state index contributed by atoms with van der Waals surface area (Å²) in [5.41, 5.74) is 2.13. The molecule has 1 atom stereocenters. The Kier molecular flexibility index (Phi) is 5.57. The van der Waals surface area contributed by atoms with Crippen molar-refractivity contribution in [1.82, 2.24) is 0 Å². The summed E-state index contributed by atoms with van der Waals surface area (Å²) in [6.45, 7) is 7.14. The van der Waals surface area contributed by atoms with Crippen LogP contribution in [-0.4, -0.2) is 8.07 Å². The molecule has 0 amide bonds. The number of hydrogen-bond acceptors (Lipinski definition) is 0. The lowest BCUT2D eigenvalue weighted by Crippen LogP contribution is -2.45. The van der Waals surface area contributed by atoms with Gasteiger partial charge in [0.25, 0.3) is 0 Å². The van der Waals surface area contributed by atoms with E-state index in [0.29, 0.717) is 5.54 Å². The van der Waals surface area contributed by atoms with E-state index in [9.17, 15) is 0 Å². The molecule has 0 aliphatic heterocycles. The zero-order chi connectivity index (χ0) is 15.1. The van der Waals surface area contributed by atoms with Crippen LogP contribution >= 0.6 is 0 Å². The summed E-state index contributed by atoms with van der Waals surface area (Å²) in [4.78, 5) is 0. The van der Waals surface area contributed by atoms with Crippen LogP contribution in [-0.2, 0) is 6.42 Å². The van der Waals surface area contributed by atoms with Gasteiger partial charge < -0.3 is 0 Å². The van der Waals surface area contributed by atoms with Gasteiger partial charge in [0, 0.05) is 0 Å². The Morgan fingerprint density at radius 1 is 0.905 bits per heavy atom. The summed E-state index contributed by atoms with van der Waals surface area (Å²) in [6, 6.07) is 21.9. The Bertz CT molecular complexity index is 555. The largest absolute Gasteiger partial charge is 0.0917 e. The number of allylic oxidation sites excluding steroid dienone is 2. The van der Waals surface area contributed by atoms with Gasteiger partial charge in [-0.1, -0.05) is 91.1 Å². The van der Waals surface area contributed by atoms with Crippen LogP contribution in [0, 0.1) is 0 Å². The van der Waals surface area contributed by atoms with Crippen LogP contribution in [0.3, 0.4) is 0 Å².